The molecule has 1 aliphatic heterocycles. The quantitative estimate of drug-likeness (QED) is 0.645. The van der Waals surface area contributed by atoms with Crippen molar-refractivity contribution in [3.05, 3.63) is 39.4 Å². The SMILES string of the molecule is Cc1cc(C(=O)N2CCN[C@H](C)C2)ccc1[N+](=O)[O-]. The second kappa shape index (κ2) is 5.36. The molecule has 6 heteroatoms. The number of aryl methyl sites for hydroxylation is 1. The van der Waals surface area contributed by atoms with E-state index < -0.39 is 4.92 Å². The zero-order chi connectivity index (χ0) is 14.0. The van der Waals surface area contributed by atoms with E-state index in [1.54, 1.807) is 17.9 Å². The third-order valence-corrected chi connectivity index (χ3v) is 3.30. The van der Waals surface area contributed by atoms with Crippen LogP contribution in [0.25, 0.3) is 0 Å². The van der Waals surface area contributed by atoms with Gasteiger partial charge in [-0.1, -0.05) is 0 Å². The fourth-order valence-corrected chi connectivity index (χ4v) is 2.29. The number of carbonyl (C=O) groups is 1. The number of nitrogens with one attached hydrogen (secondary N) is 1. The van der Waals surface area contributed by atoms with Crippen LogP contribution in [0.1, 0.15) is 22.8 Å². The number of hydrogen-bond acceptors (Lipinski definition) is 4. The fraction of sp³-hybridized carbons (Fsp3) is 0.462. The molecule has 1 N–H and O–H groups in total. The molecule has 1 atom stereocenters. The van der Waals surface area contributed by atoms with Gasteiger partial charge in [-0.25, -0.2) is 0 Å². The average Bonchev–Trinajstić information content (AvgIpc) is 2.37. The highest BCUT2D eigenvalue weighted by molar-refractivity contribution is 5.94. The lowest BCUT2D eigenvalue weighted by Crippen LogP contribution is -2.51. The van der Waals surface area contributed by atoms with Gasteiger partial charge < -0.3 is 10.2 Å². The molecule has 0 bridgehead atoms. The number of nitrogens with zero attached hydrogens (tertiary/aromatic N) is 2. The van der Waals surface area contributed by atoms with Gasteiger partial charge in [0.15, 0.2) is 0 Å². The summed E-state index contributed by atoms with van der Waals surface area (Å²) in [6.07, 6.45) is 0. The van der Waals surface area contributed by atoms with E-state index in [0.29, 0.717) is 24.2 Å². The Kier molecular flexibility index (Phi) is 3.80. The first-order chi connectivity index (χ1) is 8.99. The second-order valence-electron chi connectivity index (χ2n) is 4.86. The minimum absolute atomic E-state index is 0.0465. The van der Waals surface area contributed by atoms with Crippen LogP contribution in [0.15, 0.2) is 18.2 Å². The highest BCUT2D eigenvalue weighted by Gasteiger charge is 2.22. The Morgan fingerprint density at radius 2 is 2.26 bits per heavy atom. The molecule has 0 aromatic heterocycles. The summed E-state index contributed by atoms with van der Waals surface area (Å²) < 4.78 is 0. The summed E-state index contributed by atoms with van der Waals surface area (Å²) in [5.41, 5.74) is 1.07. The second-order valence-corrected chi connectivity index (χ2v) is 4.86. The van der Waals surface area contributed by atoms with Crippen LogP contribution in [0.3, 0.4) is 0 Å². The molecule has 6 nitrogen and oxygen atoms in total. The Bertz CT molecular complexity index is 516. The van der Waals surface area contributed by atoms with E-state index >= 15 is 0 Å². The van der Waals surface area contributed by atoms with E-state index in [1.807, 2.05) is 6.92 Å². The first-order valence-corrected chi connectivity index (χ1v) is 6.26. The van der Waals surface area contributed by atoms with Crippen molar-refractivity contribution in [2.45, 2.75) is 19.9 Å². The zero-order valence-electron chi connectivity index (χ0n) is 11.0. The van der Waals surface area contributed by atoms with E-state index in [4.69, 9.17) is 0 Å². The van der Waals surface area contributed by atoms with Crippen LogP contribution in [0.5, 0.6) is 0 Å². The van der Waals surface area contributed by atoms with Gasteiger partial charge in [0.1, 0.15) is 0 Å². The summed E-state index contributed by atoms with van der Waals surface area (Å²) in [4.78, 5) is 24.4. The van der Waals surface area contributed by atoms with Crippen LogP contribution in [0.2, 0.25) is 0 Å². The third-order valence-electron chi connectivity index (χ3n) is 3.30. The monoisotopic (exact) mass is 263 g/mol. The molecule has 1 heterocycles. The Morgan fingerprint density at radius 1 is 1.53 bits per heavy atom. The molecule has 1 aliphatic rings. The van der Waals surface area contributed by atoms with Crippen molar-refractivity contribution >= 4 is 11.6 Å². The lowest BCUT2D eigenvalue weighted by Gasteiger charge is -2.32. The molecule has 1 saturated heterocycles. The van der Waals surface area contributed by atoms with Gasteiger partial charge in [0.2, 0.25) is 0 Å². The molecular weight excluding hydrogens is 246 g/mol. The number of nitro groups is 1. The first kappa shape index (κ1) is 13.5. The lowest BCUT2D eigenvalue weighted by atomic mass is 10.1. The highest BCUT2D eigenvalue weighted by Crippen LogP contribution is 2.20. The van der Waals surface area contributed by atoms with Gasteiger partial charge in [0, 0.05) is 42.9 Å². The average molecular weight is 263 g/mol. The summed E-state index contributed by atoms with van der Waals surface area (Å²) in [7, 11) is 0. The van der Waals surface area contributed by atoms with Crippen molar-refractivity contribution in [3.63, 3.8) is 0 Å². The normalized spacial score (nSPS) is 19.3. The van der Waals surface area contributed by atoms with Crippen LogP contribution < -0.4 is 5.32 Å². The summed E-state index contributed by atoms with van der Waals surface area (Å²) in [6.45, 7) is 5.78. The molecule has 0 unspecified atom stereocenters. The molecule has 1 aromatic carbocycles. The number of benzene rings is 1. The maximum atomic E-state index is 12.3. The summed E-state index contributed by atoms with van der Waals surface area (Å²) in [5.74, 6) is -0.0636. The van der Waals surface area contributed by atoms with Crippen LogP contribution in [-0.4, -0.2) is 41.4 Å². The minimum atomic E-state index is -0.434. The summed E-state index contributed by atoms with van der Waals surface area (Å²) in [6, 6.07) is 4.79. The van der Waals surface area contributed by atoms with Crippen LogP contribution >= 0.6 is 0 Å². The van der Waals surface area contributed by atoms with Crippen LogP contribution in [0.4, 0.5) is 5.69 Å². The minimum Gasteiger partial charge on any atom is -0.336 e. The smallest absolute Gasteiger partial charge is 0.272 e. The Morgan fingerprint density at radius 3 is 2.84 bits per heavy atom. The molecule has 1 amide bonds. The number of piperazine rings is 1. The number of carbonyl (C=O) groups excluding carboxylic acids is 1. The predicted molar refractivity (Wildman–Crippen MR) is 71.2 cm³/mol. The van der Waals surface area contributed by atoms with Crippen molar-refractivity contribution in [2.24, 2.45) is 0 Å². The largest absolute Gasteiger partial charge is 0.336 e. The molecule has 1 fully saturated rings. The zero-order valence-corrected chi connectivity index (χ0v) is 11.0. The highest BCUT2D eigenvalue weighted by atomic mass is 16.6. The van der Waals surface area contributed by atoms with Crippen molar-refractivity contribution in [1.29, 1.82) is 0 Å². The molecule has 102 valence electrons. The van der Waals surface area contributed by atoms with Gasteiger partial charge >= 0.3 is 0 Å². The van der Waals surface area contributed by atoms with E-state index in [1.165, 1.54) is 12.1 Å². The summed E-state index contributed by atoms with van der Waals surface area (Å²) in [5, 5.41) is 14.0. The van der Waals surface area contributed by atoms with E-state index in [9.17, 15) is 14.9 Å². The molecule has 0 spiro atoms. The maximum absolute atomic E-state index is 12.3. The van der Waals surface area contributed by atoms with Gasteiger partial charge in [-0.15, -0.1) is 0 Å². The number of hydrogen-bond donors (Lipinski definition) is 1. The van der Waals surface area contributed by atoms with Crippen molar-refractivity contribution < 1.29 is 9.72 Å². The van der Waals surface area contributed by atoms with Gasteiger partial charge in [-0.2, -0.15) is 0 Å². The Labute approximate surface area is 111 Å². The maximum Gasteiger partial charge on any atom is 0.272 e. The molecule has 0 aliphatic carbocycles. The van der Waals surface area contributed by atoms with E-state index in [-0.39, 0.29) is 17.6 Å². The number of rotatable bonds is 2. The molecule has 1 aromatic rings. The van der Waals surface area contributed by atoms with Gasteiger partial charge in [0.25, 0.3) is 11.6 Å². The Hall–Kier alpha value is -1.95. The van der Waals surface area contributed by atoms with Crippen molar-refractivity contribution in [1.82, 2.24) is 10.2 Å². The first-order valence-electron chi connectivity index (χ1n) is 6.26. The van der Waals surface area contributed by atoms with Crippen molar-refractivity contribution in [3.8, 4) is 0 Å². The summed E-state index contributed by atoms with van der Waals surface area (Å²) >= 11 is 0. The third kappa shape index (κ3) is 2.90. The Balaban J connectivity index is 2.19. The number of nitro benzene ring substituents is 1. The van der Waals surface area contributed by atoms with Gasteiger partial charge in [-0.3, -0.25) is 14.9 Å². The lowest BCUT2D eigenvalue weighted by molar-refractivity contribution is -0.385. The number of amides is 1. The van der Waals surface area contributed by atoms with Crippen LogP contribution in [0, 0.1) is 17.0 Å². The topological polar surface area (TPSA) is 75.5 Å². The molecule has 0 saturated carbocycles. The van der Waals surface area contributed by atoms with E-state index in [0.717, 1.165) is 6.54 Å². The van der Waals surface area contributed by atoms with Gasteiger partial charge in [0.05, 0.1) is 4.92 Å². The van der Waals surface area contributed by atoms with E-state index in [2.05, 4.69) is 5.32 Å². The molecular formula is C13H17N3O3. The predicted octanol–water partition coefficient (Wildman–Crippen LogP) is 1.34. The standard InChI is InChI=1S/C13H17N3O3/c1-9-7-11(3-4-12(9)16(18)19)13(17)15-6-5-14-10(2)8-15/h3-4,7,10,14H,5-6,8H2,1-2H3/t10-/m1/s1. The van der Waals surface area contributed by atoms with Crippen LogP contribution in [-0.2, 0) is 0 Å². The van der Waals surface area contributed by atoms with Gasteiger partial charge in [-0.05, 0) is 26.0 Å². The molecule has 2 rings (SSSR count). The fourth-order valence-electron chi connectivity index (χ4n) is 2.29. The van der Waals surface area contributed by atoms with Crippen molar-refractivity contribution in [2.75, 3.05) is 19.6 Å². The molecule has 0 radical (unpaired) electrons. The molecule has 19 heavy (non-hydrogen) atoms.